The zero-order valence-corrected chi connectivity index (χ0v) is 11.7. The van der Waals surface area contributed by atoms with Crippen molar-refractivity contribution < 1.29 is 0 Å². The molecule has 1 saturated heterocycles. The summed E-state index contributed by atoms with van der Waals surface area (Å²) in [5, 5.41) is 3.04. The second-order valence-corrected chi connectivity index (χ2v) is 5.21. The minimum absolute atomic E-state index is 0.560. The van der Waals surface area contributed by atoms with Crippen molar-refractivity contribution in [3.05, 3.63) is 12.4 Å². The topological polar surface area (TPSA) is 41.1 Å². The number of anilines is 2. The molecular formula is C14H24N4. The highest BCUT2D eigenvalue weighted by Crippen LogP contribution is 2.38. The van der Waals surface area contributed by atoms with Gasteiger partial charge >= 0.3 is 0 Å². The summed E-state index contributed by atoms with van der Waals surface area (Å²) in [6, 6.07) is 0. The van der Waals surface area contributed by atoms with E-state index in [0.717, 1.165) is 24.7 Å². The van der Waals surface area contributed by atoms with Crippen LogP contribution in [0.4, 0.5) is 11.6 Å². The van der Waals surface area contributed by atoms with Crippen LogP contribution in [-0.2, 0) is 0 Å². The molecule has 1 aliphatic rings. The summed E-state index contributed by atoms with van der Waals surface area (Å²) < 4.78 is 0. The van der Waals surface area contributed by atoms with Crippen LogP contribution in [0.2, 0.25) is 0 Å². The minimum Gasteiger partial charge on any atom is -0.372 e. The molecule has 0 unspecified atom stereocenters. The van der Waals surface area contributed by atoms with Crippen LogP contribution in [0.15, 0.2) is 12.4 Å². The maximum atomic E-state index is 4.57. The van der Waals surface area contributed by atoms with Crippen LogP contribution < -0.4 is 10.2 Å². The summed E-state index contributed by atoms with van der Waals surface area (Å²) in [5.41, 5.74) is 0.560. The number of hydrogen-bond acceptors (Lipinski definition) is 4. The van der Waals surface area contributed by atoms with Crippen LogP contribution in [0.25, 0.3) is 0 Å². The lowest BCUT2D eigenvalue weighted by Gasteiger charge is -2.41. The lowest BCUT2D eigenvalue weighted by Crippen LogP contribution is -2.40. The molecule has 0 radical (unpaired) electrons. The van der Waals surface area contributed by atoms with Crippen LogP contribution in [-0.4, -0.2) is 30.1 Å². The van der Waals surface area contributed by atoms with Crippen LogP contribution in [0.1, 0.15) is 39.5 Å². The van der Waals surface area contributed by atoms with Gasteiger partial charge in [-0.15, -0.1) is 0 Å². The molecule has 1 aliphatic heterocycles. The standard InChI is InChI=1S/C14H24N4/c1-4-14(5-2)6-8-18(9-7-14)13-11-16-10-12(15-3)17-13/h10-11H,4-9H2,1-3H3,(H,15,17). The van der Waals surface area contributed by atoms with Gasteiger partial charge in [0.15, 0.2) is 0 Å². The fraction of sp³-hybridized carbons (Fsp3) is 0.714. The van der Waals surface area contributed by atoms with E-state index in [0.29, 0.717) is 5.41 Å². The Balaban J connectivity index is 2.04. The predicted molar refractivity (Wildman–Crippen MR) is 76.0 cm³/mol. The van der Waals surface area contributed by atoms with E-state index in [1.54, 1.807) is 6.20 Å². The summed E-state index contributed by atoms with van der Waals surface area (Å²) in [6.45, 7) is 6.84. The molecule has 1 fully saturated rings. The van der Waals surface area contributed by atoms with Gasteiger partial charge in [-0.2, -0.15) is 0 Å². The molecule has 1 aromatic heterocycles. The first-order valence-electron chi connectivity index (χ1n) is 6.98. The first-order chi connectivity index (χ1) is 8.73. The first kappa shape index (κ1) is 13.1. The third-order valence-corrected chi connectivity index (χ3v) is 4.53. The number of nitrogens with zero attached hydrogens (tertiary/aromatic N) is 3. The molecule has 0 amide bonds. The molecule has 0 spiro atoms. The predicted octanol–water partition coefficient (Wildman–Crippen LogP) is 2.92. The zero-order valence-electron chi connectivity index (χ0n) is 11.7. The Labute approximate surface area is 110 Å². The average Bonchev–Trinajstić information content (AvgIpc) is 2.47. The van der Waals surface area contributed by atoms with Crippen molar-refractivity contribution in [3.8, 4) is 0 Å². The maximum absolute atomic E-state index is 4.57. The normalized spacial score (nSPS) is 18.7. The van der Waals surface area contributed by atoms with Gasteiger partial charge in [0.2, 0.25) is 0 Å². The van der Waals surface area contributed by atoms with Crippen LogP contribution in [0.3, 0.4) is 0 Å². The van der Waals surface area contributed by atoms with E-state index in [2.05, 4.69) is 34.0 Å². The molecule has 4 nitrogen and oxygen atoms in total. The van der Waals surface area contributed by atoms with Gasteiger partial charge in [0.05, 0.1) is 12.4 Å². The molecule has 0 atom stereocenters. The van der Waals surface area contributed by atoms with Gasteiger partial charge in [0.25, 0.3) is 0 Å². The molecule has 18 heavy (non-hydrogen) atoms. The van der Waals surface area contributed by atoms with E-state index in [-0.39, 0.29) is 0 Å². The lowest BCUT2D eigenvalue weighted by molar-refractivity contribution is 0.199. The third kappa shape index (κ3) is 2.57. The maximum Gasteiger partial charge on any atom is 0.149 e. The fourth-order valence-corrected chi connectivity index (χ4v) is 2.80. The summed E-state index contributed by atoms with van der Waals surface area (Å²) >= 11 is 0. The number of nitrogens with one attached hydrogen (secondary N) is 1. The van der Waals surface area contributed by atoms with Crippen molar-refractivity contribution in [2.24, 2.45) is 5.41 Å². The minimum atomic E-state index is 0.560. The Kier molecular flexibility index (Phi) is 4.04. The van der Waals surface area contributed by atoms with E-state index >= 15 is 0 Å². The molecule has 100 valence electrons. The summed E-state index contributed by atoms with van der Waals surface area (Å²) in [7, 11) is 1.88. The van der Waals surface area contributed by atoms with Gasteiger partial charge in [0.1, 0.15) is 11.6 Å². The van der Waals surface area contributed by atoms with Crippen molar-refractivity contribution in [2.75, 3.05) is 30.4 Å². The monoisotopic (exact) mass is 248 g/mol. The third-order valence-electron chi connectivity index (χ3n) is 4.53. The van der Waals surface area contributed by atoms with Crippen LogP contribution in [0, 0.1) is 5.41 Å². The molecule has 1 aromatic rings. The Hall–Kier alpha value is -1.32. The van der Waals surface area contributed by atoms with Crippen molar-refractivity contribution >= 4 is 11.6 Å². The Morgan fingerprint density at radius 3 is 2.44 bits per heavy atom. The molecule has 0 bridgehead atoms. The van der Waals surface area contributed by atoms with Gasteiger partial charge in [-0.25, -0.2) is 4.98 Å². The van der Waals surface area contributed by atoms with Gasteiger partial charge < -0.3 is 10.2 Å². The van der Waals surface area contributed by atoms with E-state index in [4.69, 9.17) is 0 Å². The van der Waals surface area contributed by atoms with Crippen molar-refractivity contribution in [2.45, 2.75) is 39.5 Å². The summed E-state index contributed by atoms with van der Waals surface area (Å²) in [6.07, 6.45) is 8.75. The Morgan fingerprint density at radius 1 is 1.22 bits per heavy atom. The summed E-state index contributed by atoms with van der Waals surface area (Å²) in [5.74, 6) is 1.85. The van der Waals surface area contributed by atoms with Crippen molar-refractivity contribution in [1.29, 1.82) is 0 Å². The Bertz CT molecular complexity index is 377. The molecule has 0 saturated carbocycles. The quantitative estimate of drug-likeness (QED) is 0.889. The van der Waals surface area contributed by atoms with Gasteiger partial charge in [-0.1, -0.05) is 26.7 Å². The zero-order chi connectivity index (χ0) is 13.0. The molecule has 4 heteroatoms. The number of rotatable bonds is 4. The fourth-order valence-electron chi connectivity index (χ4n) is 2.80. The van der Waals surface area contributed by atoms with Gasteiger partial charge in [-0.3, -0.25) is 4.98 Å². The number of hydrogen-bond donors (Lipinski definition) is 1. The second-order valence-electron chi connectivity index (χ2n) is 5.21. The van der Waals surface area contributed by atoms with Crippen LogP contribution in [0.5, 0.6) is 0 Å². The summed E-state index contributed by atoms with van der Waals surface area (Å²) in [4.78, 5) is 11.2. The Morgan fingerprint density at radius 2 is 1.89 bits per heavy atom. The molecule has 0 aliphatic carbocycles. The van der Waals surface area contributed by atoms with E-state index < -0.39 is 0 Å². The molecular weight excluding hydrogens is 224 g/mol. The molecule has 2 rings (SSSR count). The second kappa shape index (κ2) is 5.55. The molecule has 0 aromatic carbocycles. The smallest absolute Gasteiger partial charge is 0.149 e. The highest BCUT2D eigenvalue weighted by Gasteiger charge is 2.31. The van der Waals surface area contributed by atoms with Gasteiger partial charge in [-0.05, 0) is 18.3 Å². The highest BCUT2D eigenvalue weighted by molar-refractivity contribution is 5.43. The molecule has 2 heterocycles. The van der Waals surface area contributed by atoms with Crippen molar-refractivity contribution in [3.63, 3.8) is 0 Å². The highest BCUT2D eigenvalue weighted by atomic mass is 15.2. The van der Waals surface area contributed by atoms with Crippen LogP contribution >= 0.6 is 0 Å². The number of aromatic nitrogens is 2. The van der Waals surface area contributed by atoms with E-state index in [1.807, 2.05) is 13.2 Å². The average molecular weight is 248 g/mol. The largest absolute Gasteiger partial charge is 0.372 e. The lowest BCUT2D eigenvalue weighted by atomic mass is 9.74. The van der Waals surface area contributed by atoms with E-state index in [1.165, 1.54) is 25.7 Å². The molecule has 1 N–H and O–H groups in total. The number of piperidine rings is 1. The SMILES string of the molecule is CCC1(CC)CCN(c2cncc(NC)n2)CC1. The van der Waals surface area contributed by atoms with Gasteiger partial charge in [0, 0.05) is 20.1 Å². The van der Waals surface area contributed by atoms with Crippen molar-refractivity contribution in [1.82, 2.24) is 9.97 Å². The van der Waals surface area contributed by atoms with E-state index in [9.17, 15) is 0 Å². The first-order valence-corrected chi connectivity index (χ1v) is 6.98.